The molecule has 0 saturated heterocycles. The maximum atomic E-state index is 12.1. The molecule has 3 aromatic rings. The molecule has 0 aliphatic carbocycles. The highest BCUT2D eigenvalue weighted by molar-refractivity contribution is 5.98. The molecule has 1 heterocycles. The summed E-state index contributed by atoms with van der Waals surface area (Å²) in [6.07, 6.45) is 2.95. The highest BCUT2D eigenvalue weighted by Gasteiger charge is 2.12. The number of esters is 1. The number of hydrogen-bond donors (Lipinski definition) is 2. The Morgan fingerprint density at radius 2 is 1.86 bits per heavy atom. The van der Waals surface area contributed by atoms with E-state index in [2.05, 4.69) is 20.7 Å². The van der Waals surface area contributed by atoms with Crippen molar-refractivity contribution < 1.29 is 19.1 Å². The van der Waals surface area contributed by atoms with E-state index >= 15 is 0 Å². The SMILES string of the molecule is CCNC(=O)c1cccc(NC(=O)COC(=O)c2ccc(-n3cncn3)cc2)c1. The van der Waals surface area contributed by atoms with E-state index in [0.717, 1.165) is 5.69 Å². The van der Waals surface area contributed by atoms with Crippen LogP contribution in [0, 0.1) is 0 Å². The molecule has 9 nitrogen and oxygen atoms in total. The summed E-state index contributed by atoms with van der Waals surface area (Å²) >= 11 is 0. The van der Waals surface area contributed by atoms with Gasteiger partial charge in [-0.2, -0.15) is 5.10 Å². The van der Waals surface area contributed by atoms with Crippen molar-refractivity contribution in [3.8, 4) is 5.69 Å². The van der Waals surface area contributed by atoms with Gasteiger partial charge in [-0.25, -0.2) is 14.5 Å². The summed E-state index contributed by atoms with van der Waals surface area (Å²) in [5, 5.41) is 9.28. The van der Waals surface area contributed by atoms with E-state index in [-0.39, 0.29) is 5.91 Å². The van der Waals surface area contributed by atoms with Gasteiger partial charge in [0.1, 0.15) is 12.7 Å². The van der Waals surface area contributed by atoms with E-state index in [1.807, 2.05) is 6.92 Å². The van der Waals surface area contributed by atoms with Crippen LogP contribution in [0.5, 0.6) is 0 Å². The second kappa shape index (κ2) is 9.27. The summed E-state index contributed by atoms with van der Waals surface area (Å²) in [4.78, 5) is 39.9. The van der Waals surface area contributed by atoms with Gasteiger partial charge >= 0.3 is 5.97 Å². The molecule has 148 valence electrons. The molecule has 3 rings (SSSR count). The number of hydrogen-bond acceptors (Lipinski definition) is 6. The lowest BCUT2D eigenvalue weighted by atomic mass is 10.2. The molecule has 29 heavy (non-hydrogen) atoms. The van der Waals surface area contributed by atoms with E-state index in [1.165, 1.54) is 6.33 Å². The smallest absolute Gasteiger partial charge is 0.338 e. The predicted molar refractivity (Wildman–Crippen MR) is 105 cm³/mol. The highest BCUT2D eigenvalue weighted by Crippen LogP contribution is 2.12. The first-order valence-electron chi connectivity index (χ1n) is 8.87. The molecule has 0 radical (unpaired) electrons. The lowest BCUT2D eigenvalue weighted by Gasteiger charge is -2.09. The van der Waals surface area contributed by atoms with Crippen LogP contribution in [0.3, 0.4) is 0 Å². The number of ether oxygens (including phenoxy) is 1. The van der Waals surface area contributed by atoms with Gasteiger partial charge in [-0.05, 0) is 49.4 Å². The summed E-state index contributed by atoms with van der Waals surface area (Å²) in [6.45, 7) is 1.88. The molecule has 9 heteroatoms. The minimum Gasteiger partial charge on any atom is -0.452 e. The van der Waals surface area contributed by atoms with E-state index in [0.29, 0.717) is 23.4 Å². The summed E-state index contributed by atoms with van der Waals surface area (Å²) in [5.74, 6) is -1.36. The Kier molecular flexibility index (Phi) is 6.31. The number of aromatic nitrogens is 3. The molecule has 0 spiro atoms. The third-order valence-corrected chi connectivity index (χ3v) is 3.87. The zero-order chi connectivity index (χ0) is 20.6. The molecule has 0 aliphatic heterocycles. The van der Waals surface area contributed by atoms with Crippen LogP contribution in [0.15, 0.2) is 61.2 Å². The van der Waals surface area contributed by atoms with Crippen LogP contribution in [0.25, 0.3) is 5.69 Å². The highest BCUT2D eigenvalue weighted by atomic mass is 16.5. The minimum absolute atomic E-state index is 0.232. The quantitative estimate of drug-likeness (QED) is 0.592. The topological polar surface area (TPSA) is 115 Å². The van der Waals surface area contributed by atoms with Crippen LogP contribution in [-0.4, -0.2) is 45.7 Å². The molecule has 2 amide bonds. The first-order chi connectivity index (χ1) is 14.1. The second-order valence-electron chi connectivity index (χ2n) is 5.95. The lowest BCUT2D eigenvalue weighted by molar-refractivity contribution is -0.119. The Balaban J connectivity index is 1.53. The maximum Gasteiger partial charge on any atom is 0.338 e. The van der Waals surface area contributed by atoms with Crippen molar-refractivity contribution in [1.29, 1.82) is 0 Å². The van der Waals surface area contributed by atoms with Crippen molar-refractivity contribution in [2.75, 3.05) is 18.5 Å². The Labute approximate surface area is 166 Å². The van der Waals surface area contributed by atoms with E-state index in [4.69, 9.17) is 4.74 Å². The van der Waals surface area contributed by atoms with Crippen molar-refractivity contribution in [1.82, 2.24) is 20.1 Å². The fraction of sp³-hybridized carbons (Fsp3) is 0.150. The number of nitrogens with zero attached hydrogens (tertiary/aromatic N) is 3. The second-order valence-corrected chi connectivity index (χ2v) is 5.95. The number of anilines is 1. The Bertz CT molecular complexity index is 1000. The van der Waals surface area contributed by atoms with Crippen molar-refractivity contribution in [3.63, 3.8) is 0 Å². The van der Waals surface area contributed by atoms with Crippen molar-refractivity contribution in [2.24, 2.45) is 0 Å². The van der Waals surface area contributed by atoms with Crippen LogP contribution >= 0.6 is 0 Å². The fourth-order valence-electron chi connectivity index (χ4n) is 2.50. The minimum atomic E-state index is -0.624. The Morgan fingerprint density at radius 3 is 2.55 bits per heavy atom. The molecular formula is C20H19N5O4. The van der Waals surface area contributed by atoms with Gasteiger partial charge in [0.05, 0.1) is 11.3 Å². The molecule has 0 bridgehead atoms. The van der Waals surface area contributed by atoms with Crippen molar-refractivity contribution in [3.05, 3.63) is 72.3 Å². The van der Waals surface area contributed by atoms with Crippen molar-refractivity contribution in [2.45, 2.75) is 6.92 Å². The Hall–Kier alpha value is -4.01. The lowest BCUT2D eigenvalue weighted by Crippen LogP contribution is -2.23. The molecule has 2 N–H and O–H groups in total. The molecule has 0 unspecified atom stereocenters. The van der Waals surface area contributed by atoms with Crippen LogP contribution < -0.4 is 10.6 Å². The summed E-state index contributed by atoms with van der Waals surface area (Å²) < 4.78 is 6.60. The normalized spacial score (nSPS) is 10.2. The molecule has 1 aromatic heterocycles. The molecular weight excluding hydrogens is 374 g/mol. The van der Waals surface area contributed by atoms with Crippen LogP contribution in [0.4, 0.5) is 5.69 Å². The van der Waals surface area contributed by atoms with E-state index in [9.17, 15) is 14.4 Å². The maximum absolute atomic E-state index is 12.1. The predicted octanol–water partition coefficient (Wildman–Crippen LogP) is 1.81. The van der Waals surface area contributed by atoms with Gasteiger partial charge in [0.25, 0.3) is 11.8 Å². The van der Waals surface area contributed by atoms with Gasteiger partial charge in [0, 0.05) is 17.8 Å². The van der Waals surface area contributed by atoms with E-state index < -0.39 is 18.5 Å². The van der Waals surface area contributed by atoms with Gasteiger partial charge in [-0.3, -0.25) is 9.59 Å². The monoisotopic (exact) mass is 393 g/mol. The number of carbonyl (C=O) groups is 3. The van der Waals surface area contributed by atoms with Crippen LogP contribution in [0.1, 0.15) is 27.6 Å². The van der Waals surface area contributed by atoms with Gasteiger partial charge in [-0.15, -0.1) is 0 Å². The summed E-state index contributed by atoms with van der Waals surface area (Å²) in [6, 6.07) is 13.0. The average molecular weight is 393 g/mol. The number of benzene rings is 2. The third-order valence-electron chi connectivity index (χ3n) is 3.87. The number of carbonyl (C=O) groups excluding carboxylic acids is 3. The van der Waals surface area contributed by atoms with Crippen LogP contribution in [-0.2, 0) is 9.53 Å². The zero-order valence-corrected chi connectivity index (χ0v) is 15.7. The first kappa shape index (κ1) is 19.7. The molecule has 0 atom stereocenters. The van der Waals surface area contributed by atoms with Crippen LogP contribution in [0.2, 0.25) is 0 Å². The van der Waals surface area contributed by atoms with Gasteiger partial charge in [0.15, 0.2) is 6.61 Å². The van der Waals surface area contributed by atoms with Gasteiger partial charge < -0.3 is 15.4 Å². The van der Waals surface area contributed by atoms with E-state index in [1.54, 1.807) is 59.5 Å². The standard InChI is InChI=1S/C20H19N5O4/c1-2-22-19(27)15-4-3-5-16(10-15)24-18(26)11-29-20(28)14-6-8-17(9-7-14)25-13-21-12-23-25/h3-10,12-13H,2,11H2,1H3,(H,22,27)(H,24,26). The molecule has 2 aromatic carbocycles. The molecule has 0 aliphatic rings. The molecule has 0 fully saturated rings. The number of amides is 2. The molecule has 0 saturated carbocycles. The van der Waals surface area contributed by atoms with Crippen molar-refractivity contribution >= 4 is 23.5 Å². The fourth-order valence-corrected chi connectivity index (χ4v) is 2.50. The summed E-state index contributed by atoms with van der Waals surface area (Å²) in [5.41, 5.74) is 1.91. The zero-order valence-electron chi connectivity index (χ0n) is 15.7. The largest absolute Gasteiger partial charge is 0.452 e. The summed E-state index contributed by atoms with van der Waals surface area (Å²) in [7, 11) is 0. The first-order valence-corrected chi connectivity index (χ1v) is 8.87. The number of nitrogens with one attached hydrogen (secondary N) is 2. The third kappa shape index (κ3) is 5.25. The average Bonchev–Trinajstić information content (AvgIpc) is 3.27. The number of rotatable bonds is 7. The van der Waals surface area contributed by atoms with Gasteiger partial charge in [-0.1, -0.05) is 6.07 Å². The Morgan fingerprint density at radius 1 is 1.07 bits per heavy atom. The van der Waals surface area contributed by atoms with Gasteiger partial charge in [0.2, 0.25) is 0 Å².